The van der Waals surface area contributed by atoms with Crippen molar-refractivity contribution in [2.75, 3.05) is 5.73 Å². The van der Waals surface area contributed by atoms with Gasteiger partial charge in [0.15, 0.2) is 5.75 Å². The number of aromatic hydroxyl groups is 1. The highest BCUT2D eigenvalue weighted by molar-refractivity contribution is 7.86. The van der Waals surface area contributed by atoms with E-state index in [1.54, 1.807) is 32.9 Å². The van der Waals surface area contributed by atoms with Gasteiger partial charge in [-0.2, -0.15) is 21.9 Å². The Morgan fingerprint density at radius 2 is 1.20 bits per heavy atom. The number of aryl methyl sites for hydroxylation is 4. The van der Waals surface area contributed by atoms with E-state index in [-0.39, 0.29) is 27.8 Å². The lowest BCUT2D eigenvalue weighted by molar-refractivity contribution is 0.472. The number of nitrogens with zero attached hydrogens (tertiary/aromatic N) is 4. The Bertz CT molecular complexity index is 1970. The zero-order valence-corrected chi connectivity index (χ0v) is 23.4. The van der Waals surface area contributed by atoms with E-state index in [9.17, 15) is 31.0 Å². The summed E-state index contributed by atoms with van der Waals surface area (Å²) in [7, 11) is -9.46. The van der Waals surface area contributed by atoms with Gasteiger partial charge >= 0.3 is 0 Å². The monoisotopic (exact) mass is 583 g/mol. The summed E-state index contributed by atoms with van der Waals surface area (Å²) in [6.07, 6.45) is 0. The molecule has 208 valence electrons. The molecule has 0 aromatic heterocycles. The van der Waals surface area contributed by atoms with Gasteiger partial charge < -0.3 is 10.8 Å². The topological polar surface area (TPSA) is 204 Å². The number of nitrogen functional groups attached to an aromatic ring is 1. The number of azo groups is 2. The molecule has 0 aliphatic heterocycles. The molecular weight excluding hydrogens is 558 g/mol. The summed E-state index contributed by atoms with van der Waals surface area (Å²) in [5, 5.41) is 27.4. The lowest BCUT2D eigenvalue weighted by Crippen LogP contribution is -2.00. The first kappa shape index (κ1) is 28.8. The van der Waals surface area contributed by atoms with Crippen molar-refractivity contribution < 1.29 is 31.0 Å². The minimum atomic E-state index is -4.85. The third-order valence-electron chi connectivity index (χ3n) is 6.09. The van der Waals surface area contributed by atoms with E-state index in [0.717, 1.165) is 17.2 Å². The molecule has 12 nitrogen and oxygen atoms in total. The number of hydrogen-bond donors (Lipinski definition) is 4. The fourth-order valence-corrected chi connectivity index (χ4v) is 5.33. The molecular formula is C26H25N5O7S2. The molecule has 0 amide bonds. The SMILES string of the molecule is Cc1ccc(C)c(N=Nc2c(S(=O)(=O)O)cc3cc(C)c(N=Nc4cc(C)ccc4S(=O)(=O)O)c(N)c3c2O)c1. The van der Waals surface area contributed by atoms with Crippen LogP contribution in [0.1, 0.15) is 22.3 Å². The summed E-state index contributed by atoms with van der Waals surface area (Å²) in [5.74, 6) is -0.678. The Morgan fingerprint density at radius 1 is 0.650 bits per heavy atom. The molecule has 4 aromatic rings. The molecule has 0 aliphatic carbocycles. The quantitative estimate of drug-likeness (QED) is 0.109. The van der Waals surface area contributed by atoms with Gasteiger partial charge in [0.1, 0.15) is 26.9 Å². The van der Waals surface area contributed by atoms with Crippen molar-refractivity contribution in [1.82, 2.24) is 0 Å². The molecule has 0 spiro atoms. The molecule has 0 unspecified atom stereocenters. The molecule has 4 rings (SSSR count). The van der Waals surface area contributed by atoms with Gasteiger partial charge in [-0.1, -0.05) is 18.2 Å². The maximum Gasteiger partial charge on any atom is 0.296 e. The molecule has 5 N–H and O–H groups in total. The summed E-state index contributed by atoms with van der Waals surface area (Å²) in [6.45, 7) is 6.89. The van der Waals surface area contributed by atoms with Crippen molar-refractivity contribution in [2.24, 2.45) is 20.5 Å². The number of anilines is 1. The van der Waals surface area contributed by atoms with Gasteiger partial charge in [0.2, 0.25) is 0 Å². The molecule has 0 fully saturated rings. The standard InChI is InChI=1S/C26H25N5O7S2/c1-13-5-7-15(3)18(9-13)28-31-25-21(40(36,37)38)12-17-11-16(4)24(23(27)22(17)26(25)32)30-29-19-10-14(2)6-8-20(19)39(33,34)35/h5-12,32H,27H2,1-4H3,(H,33,34,35)(H,36,37,38). The maximum absolute atomic E-state index is 12.2. The van der Waals surface area contributed by atoms with E-state index in [2.05, 4.69) is 20.5 Å². The Balaban J connectivity index is 1.96. The third-order valence-corrected chi connectivity index (χ3v) is 7.86. The molecule has 0 aliphatic rings. The average molecular weight is 584 g/mol. The van der Waals surface area contributed by atoms with Crippen molar-refractivity contribution in [1.29, 1.82) is 0 Å². The van der Waals surface area contributed by atoms with Gasteiger partial charge in [0.25, 0.3) is 20.2 Å². The summed E-state index contributed by atoms with van der Waals surface area (Å²) >= 11 is 0. The Hall–Kier alpha value is -4.24. The lowest BCUT2D eigenvalue weighted by Gasteiger charge is -2.14. The van der Waals surface area contributed by atoms with Crippen LogP contribution in [-0.4, -0.2) is 31.0 Å². The van der Waals surface area contributed by atoms with Crippen LogP contribution >= 0.6 is 0 Å². The van der Waals surface area contributed by atoms with E-state index in [4.69, 9.17) is 5.73 Å². The van der Waals surface area contributed by atoms with Crippen LogP contribution in [0.3, 0.4) is 0 Å². The Labute approximate surface area is 230 Å². The number of rotatable bonds is 6. The first-order chi connectivity index (χ1) is 18.6. The Morgan fingerprint density at radius 3 is 1.82 bits per heavy atom. The molecule has 0 heterocycles. The van der Waals surface area contributed by atoms with Crippen LogP contribution < -0.4 is 5.73 Å². The van der Waals surface area contributed by atoms with Gasteiger partial charge in [-0.25, -0.2) is 0 Å². The fraction of sp³-hybridized carbons (Fsp3) is 0.154. The second-order valence-electron chi connectivity index (χ2n) is 9.24. The zero-order chi connectivity index (χ0) is 29.6. The van der Waals surface area contributed by atoms with E-state index in [1.165, 1.54) is 24.3 Å². The summed E-state index contributed by atoms with van der Waals surface area (Å²) in [6, 6.07) is 12.0. The van der Waals surface area contributed by atoms with Crippen LogP contribution in [0.25, 0.3) is 10.8 Å². The van der Waals surface area contributed by atoms with Crippen molar-refractivity contribution in [3.8, 4) is 5.75 Å². The maximum atomic E-state index is 12.2. The molecule has 0 saturated heterocycles. The van der Waals surface area contributed by atoms with Crippen LogP contribution in [0.2, 0.25) is 0 Å². The van der Waals surface area contributed by atoms with E-state index in [1.807, 2.05) is 13.0 Å². The number of fused-ring (bicyclic) bond motifs is 1. The predicted octanol–water partition coefficient (Wildman–Crippen LogP) is 6.69. The van der Waals surface area contributed by atoms with E-state index >= 15 is 0 Å². The van der Waals surface area contributed by atoms with Gasteiger partial charge in [-0.15, -0.1) is 15.3 Å². The first-order valence-electron chi connectivity index (χ1n) is 11.6. The molecule has 0 radical (unpaired) electrons. The van der Waals surface area contributed by atoms with Crippen LogP contribution in [0.4, 0.5) is 28.4 Å². The minimum Gasteiger partial charge on any atom is -0.505 e. The van der Waals surface area contributed by atoms with Gasteiger partial charge in [-0.3, -0.25) is 9.11 Å². The van der Waals surface area contributed by atoms with Crippen molar-refractivity contribution in [2.45, 2.75) is 37.5 Å². The fourth-order valence-electron chi connectivity index (χ4n) is 4.07. The van der Waals surface area contributed by atoms with Crippen molar-refractivity contribution >= 4 is 59.4 Å². The molecule has 40 heavy (non-hydrogen) atoms. The molecule has 0 atom stereocenters. The van der Waals surface area contributed by atoms with Gasteiger partial charge in [0, 0.05) is 0 Å². The highest BCUT2D eigenvalue weighted by Crippen LogP contribution is 2.47. The lowest BCUT2D eigenvalue weighted by atomic mass is 10.0. The normalized spacial score (nSPS) is 12.7. The molecule has 0 bridgehead atoms. The number of benzene rings is 4. The van der Waals surface area contributed by atoms with Crippen LogP contribution in [-0.2, 0) is 20.2 Å². The van der Waals surface area contributed by atoms with Crippen molar-refractivity contribution in [3.05, 3.63) is 70.8 Å². The highest BCUT2D eigenvalue weighted by atomic mass is 32.2. The summed E-state index contributed by atoms with van der Waals surface area (Å²) < 4.78 is 67.5. The largest absolute Gasteiger partial charge is 0.505 e. The Kier molecular flexibility index (Phi) is 7.47. The zero-order valence-electron chi connectivity index (χ0n) is 21.8. The first-order valence-corrected chi connectivity index (χ1v) is 14.5. The van der Waals surface area contributed by atoms with Gasteiger partial charge in [0.05, 0.1) is 16.8 Å². The predicted molar refractivity (Wildman–Crippen MR) is 150 cm³/mol. The molecule has 4 aromatic carbocycles. The van der Waals surface area contributed by atoms with Crippen molar-refractivity contribution in [3.63, 3.8) is 0 Å². The van der Waals surface area contributed by atoms with E-state index in [0.29, 0.717) is 16.8 Å². The second kappa shape index (κ2) is 10.4. The number of phenols is 1. The number of hydrogen-bond acceptors (Lipinski definition) is 10. The third kappa shape index (κ3) is 5.70. The van der Waals surface area contributed by atoms with Crippen LogP contribution in [0.15, 0.2) is 78.8 Å². The second-order valence-corrected chi connectivity index (χ2v) is 12.0. The number of nitrogens with two attached hydrogens (primary N) is 1. The van der Waals surface area contributed by atoms with Crippen LogP contribution in [0.5, 0.6) is 5.75 Å². The van der Waals surface area contributed by atoms with E-state index < -0.39 is 41.5 Å². The highest BCUT2D eigenvalue weighted by Gasteiger charge is 2.25. The van der Waals surface area contributed by atoms with Crippen LogP contribution in [0, 0.1) is 27.7 Å². The van der Waals surface area contributed by atoms with Gasteiger partial charge in [-0.05, 0) is 85.7 Å². The summed E-state index contributed by atoms with van der Waals surface area (Å²) in [4.78, 5) is -1.15. The smallest absolute Gasteiger partial charge is 0.296 e. The minimum absolute atomic E-state index is 0.0406. The summed E-state index contributed by atoms with van der Waals surface area (Å²) in [5.41, 5.74) is 8.66. The molecule has 14 heteroatoms. The average Bonchev–Trinajstić information content (AvgIpc) is 2.83. The number of phenolic OH excluding ortho intramolecular Hbond substituents is 1. The molecule has 0 saturated carbocycles.